The first-order chi connectivity index (χ1) is 12.1. The molecule has 3 rings (SSSR count). The quantitative estimate of drug-likeness (QED) is 0.679. The number of ether oxygens (including phenoxy) is 1. The van der Waals surface area contributed by atoms with Crippen molar-refractivity contribution in [3.05, 3.63) is 83.4 Å². The van der Waals surface area contributed by atoms with E-state index in [1.165, 1.54) is 10.6 Å². The van der Waals surface area contributed by atoms with Gasteiger partial charge in [0, 0.05) is 11.7 Å². The van der Waals surface area contributed by atoms with Crippen LogP contribution in [-0.2, 0) is 6.16 Å². The number of phenolic OH excluding ortho intramolecular Hbond substituents is 1. The first-order valence-corrected chi connectivity index (χ1v) is 9.88. The summed E-state index contributed by atoms with van der Waals surface area (Å²) in [4.78, 5) is 0. The molecular weight excluding hydrogens is 327 g/mol. The SMILES string of the molecule is COc1c(O)c(C)cc(C)c1CP(c1ccccc1)c1ccccc1. The van der Waals surface area contributed by atoms with Gasteiger partial charge in [0.15, 0.2) is 11.5 Å². The van der Waals surface area contributed by atoms with Gasteiger partial charge in [-0.2, -0.15) is 0 Å². The fourth-order valence-electron chi connectivity index (χ4n) is 3.10. The van der Waals surface area contributed by atoms with E-state index in [1.54, 1.807) is 7.11 Å². The van der Waals surface area contributed by atoms with Crippen molar-refractivity contribution in [3.8, 4) is 11.5 Å². The topological polar surface area (TPSA) is 29.5 Å². The summed E-state index contributed by atoms with van der Waals surface area (Å²) in [6, 6.07) is 23.2. The lowest BCUT2D eigenvalue weighted by molar-refractivity contribution is 0.368. The first-order valence-electron chi connectivity index (χ1n) is 8.35. The van der Waals surface area contributed by atoms with Crippen LogP contribution >= 0.6 is 7.92 Å². The Balaban J connectivity index is 2.10. The molecule has 0 amide bonds. The van der Waals surface area contributed by atoms with Crippen molar-refractivity contribution in [2.45, 2.75) is 20.0 Å². The Bertz CT molecular complexity index is 805. The minimum absolute atomic E-state index is 0.249. The molecule has 25 heavy (non-hydrogen) atoms. The molecule has 0 aliphatic rings. The number of benzene rings is 3. The summed E-state index contributed by atoms with van der Waals surface area (Å²) in [6.07, 6.45) is 0.839. The fraction of sp³-hybridized carbons (Fsp3) is 0.182. The molecule has 0 aliphatic carbocycles. The largest absolute Gasteiger partial charge is 0.504 e. The third-order valence-corrected chi connectivity index (χ3v) is 6.90. The van der Waals surface area contributed by atoms with Crippen molar-refractivity contribution in [1.29, 1.82) is 0 Å². The van der Waals surface area contributed by atoms with Crippen molar-refractivity contribution in [3.63, 3.8) is 0 Å². The van der Waals surface area contributed by atoms with Gasteiger partial charge in [-0.3, -0.25) is 0 Å². The Labute approximate surface area is 150 Å². The summed E-state index contributed by atoms with van der Waals surface area (Å²) < 4.78 is 5.57. The molecule has 0 saturated carbocycles. The Hall–Kier alpha value is -2.31. The maximum absolute atomic E-state index is 10.4. The number of phenols is 1. The molecule has 0 unspecified atom stereocenters. The van der Waals surface area contributed by atoms with E-state index in [-0.39, 0.29) is 5.75 Å². The molecule has 2 nitrogen and oxygen atoms in total. The molecule has 3 heteroatoms. The number of hydrogen-bond donors (Lipinski definition) is 1. The molecule has 0 radical (unpaired) electrons. The summed E-state index contributed by atoms with van der Waals surface area (Å²) in [5.74, 6) is 0.857. The van der Waals surface area contributed by atoms with Gasteiger partial charge in [-0.15, -0.1) is 0 Å². The van der Waals surface area contributed by atoms with Crippen molar-refractivity contribution in [1.82, 2.24) is 0 Å². The monoisotopic (exact) mass is 350 g/mol. The van der Waals surface area contributed by atoms with Gasteiger partial charge in [0.25, 0.3) is 0 Å². The van der Waals surface area contributed by atoms with Gasteiger partial charge < -0.3 is 9.84 Å². The van der Waals surface area contributed by atoms with Crippen LogP contribution in [0.15, 0.2) is 66.7 Å². The molecule has 0 aliphatic heterocycles. The summed E-state index contributed by atoms with van der Waals surface area (Å²) in [6.45, 7) is 4.00. The van der Waals surface area contributed by atoms with Gasteiger partial charge in [-0.1, -0.05) is 66.7 Å². The standard InChI is InChI=1S/C22H23O2P/c1-16-14-17(2)21(23)22(24-3)20(16)15-25(18-10-6-4-7-11-18)19-12-8-5-9-13-19/h4-14,23H,15H2,1-3H3. The molecule has 3 aromatic rings. The fourth-order valence-corrected chi connectivity index (χ4v) is 5.54. The van der Waals surface area contributed by atoms with Crippen LogP contribution in [0.25, 0.3) is 0 Å². The maximum Gasteiger partial charge on any atom is 0.164 e. The van der Waals surface area contributed by atoms with Gasteiger partial charge in [-0.05, 0) is 43.5 Å². The van der Waals surface area contributed by atoms with Crippen molar-refractivity contribution in [2.24, 2.45) is 0 Å². The summed E-state index contributed by atoms with van der Waals surface area (Å²) in [7, 11) is 1.05. The Morgan fingerprint density at radius 2 is 1.36 bits per heavy atom. The van der Waals surface area contributed by atoms with Crippen molar-refractivity contribution >= 4 is 18.5 Å². The van der Waals surface area contributed by atoms with Crippen LogP contribution in [0.1, 0.15) is 16.7 Å². The van der Waals surface area contributed by atoms with Crippen molar-refractivity contribution < 1.29 is 9.84 Å². The van der Waals surface area contributed by atoms with Crippen LogP contribution in [0.5, 0.6) is 11.5 Å². The molecule has 0 spiro atoms. The minimum Gasteiger partial charge on any atom is -0.504 e. The predicted molar refractivity (Wildman–Crippen MR) is 107 cm³/mol. The highest BCUT2D eigenvalue weighted by atomic mass is 31.1. The summed E-state index contributed by atoms with van der Waals surface area (Å²) in [5, 5.41) is 13.1. The number of rotatable bonds is 5. The van der Waals surface area contributed by atoms with Gasteiger partial charge in [0.05, 0.1) is 7.11 Å². The lowest BCUT2D eigenvalue weighted by Gasteiger charge is -2.22. The second-order valence-corrected chi connectivity index (χ2v) is 8.33. The molecule has 128 valence electrons. The third kappa shape index (κ3) is 3.70. The average molecular weight is 350 g/mol. The second-order valence-electron chi connectivity index (χ2n) is 6.13. The molecule has 0 bridgehead atoms. The second kappa shape index (κ2) is 7.72. The van der Waals surface area contributed by atoms with E-state index in [4.69, 9.17) is 4.74 Å². The van der Waals surface area contributed by atoms with E-state index >= 15 is 0 Å². The smallest absolute Gasteiger partial charge is 0.164 e. The molecule has 1 N–H and O–H groups in total. The van der Waals surface area contributed by atoms with Crippen molar-refractivity contribution in [2.75, 3.05) is 7.11 Å². The summed E-state index contributed by atoms with van der Waals surface area (Å²) in [5.41, 5.74) is 3.10. The normalized spacial score (nSPS) is 10.9. The minimum atomic E-state index is -0.578. The number of hydrogen-bond acceptors (Lipinski definition) is 2. The maximum atomic E-state index is 10.4. The lowest BCUT2D eigenvalue weighted by atomic mass is 10.0. The average Bonchev–Trinajstić information content (AvgIpc) is 2.65. The van der Waals surface area contributed by atoms with E-state index in [2.05, 4.69) is 55.5 Å². The van der Waals surface area contributed by atoms with E-state index in [1.807, 2.05) is 25.1 Å². The zero-order valence-corrected chi connectivity index (χ0v) is 15.8. The van der Waals surface area contributed by atoms with Crippen LogP contribution < -0.4 is 15.3 Å². The zero-order chi connectivity index (χ0) is 17.8. The highest BCUT2D eigenvalue weighted by Gasteiger charge is 2.21. The van der Waals surface area contributed by atoms with Crippen LogP contribution in [0.3, 0.4) is 0 Å². The molecule has 3 aromatic carbocycles. The number of aryl methyl sites for hydroxylation is 2. The number of methoxy groups -OCH3 is 1. The molecule has 0 aromatic heterocycles. The Morgan fingerprint density at radius 3 is 1.84 bits per heavy atom. The molecule has 0 heterocycles. The Morgan fingerprint density at radius 1 is 0.840 bits per heavy atom. The van der Waals surface area contributed by atoms with Gasteiger partial charge in [-0.25, -0.2) is 0 Å². The summed E-state index contributed by atoms with van der Waals surface area (Å²) >= 11 is 0. The lowest BCUT2D eigenvalue weighted by Crippen LogP contribution is -2.14. The number of aromatic hydroxyl groups is 1. The van der Waals surface area contributed by atoms with Crippen LogP contribution in [0.2, 0.25) is 0 Å². The van der Waals surface area contributed by atoms with Crippen LogP contribution in [-0.4, -0.2) is 12.2 Å². The molecule has 0 fully saturated rings. The Kier molecular flexibility index (Phi) is 5.40. The zero-order valence-electron chi connectivity index (χ0n) is 14.9. The van der Waals surface area contributed by atoms with Gasteiger partial charge in [0.1, 0.15) is 0 Å². The van der Waals surface area contributed by atoms with Gasteiger partial charge >= 0.3 is 0 Å². The first kappa shape index (κ1) is 17.5. The highest BCUT2D eigenvalue weighted by molar-refractivity contribution is 7.72. The highest BCUT2D eigenvalue weighted by Crippen LogP contribution is 2.45. The predicted octanol–water partition coefficient (Wildman–Crippen LogP) is 4.65. The molecule has 0 atom stereocenters. The third-order valence-electron chi connectivity index (χ3n) is 4.43. The van der Waals surface area contributed by atoms with E-state index in [0.717, 1.165) is 22.9 Å². The van der Waals surface area contributed by atoms with Crippen LogP contribution in [0, 0.1) is 13.8 Å². The van der Waals surface area contributed by atoms with Crippen LogP contribution in [0.4, 0.5) is 0 Å². The van der Waals surface area contributed by atoms with E-state index in [0.29, 0.717) is 5.75 Å². The van der Waals surface area contributed by atoms with E-state index < -0.39 is 7.92 Å². The van der Waals surface area contributed by atoms with E-state index in [9.17, 15) is 5.11 Å². The molecule has 0 saturated heterocycles. The van der Waals surface area contributed by atoms with Gasteiger partial charge in [0.2, 0.25) is 0 Å². The molecular formula is C22H23O2P.